The first-order chi connectivity index (χ1) is 9.03. The number of rotatable bonds is 11. The average molecular weight is 292 g/mol. The second-order valence-corrected chi connectivity index (χ2v) is 7.11. The molecular weight excluding hydrogens is 268 g/mol. The number of ether oxygens (including phenoxy) is 1. The summed E-state index contributed by atoms with van der Waals surface area (Å²) >= 11 is 0. The lowest BCUT2D eigenvalue weighted by Crippen LogP contribution is -2.42. The van der Waals surface area contributed by atoms with Crippen LogP contribution < -0.4 is 0 Å². The van der Waals surface area contributed by atoms with Crippen LogP contribution in [0.15, 0.2) is 0 Å². The smallest absolute Gasteiger partial charge is 0.466 e. The molecule has 0 fully saturated rings. The summed E-state index contributed by atoms with van der Waals surface area (Å²) in [6.45, 7) is 2.02. The molecule has 0 spiro atoms. The zero-order chi connectivity index (χ0) is 14.7. The highest BCUT2D eigenvalue weighted by atomic mass is 28.4. The molecule has 0 saturated heterocycles. The van der Waals surface area contributed by atoms with Crippen LogP contribution in [-0.2, 0) is 27.6 Å². The van der Waals surface area contributed by atoms with Crippen molar-refractivity contribution in [1.29, 1.82) is 0 Å². The van der Waals surface area contributed by atoms with Crippen LogP contribution in [-0.4, -0.2) is 48.5 Å². The van der Waals surface area contributed by atoms with Crippen LogP contribution in [0.1, 0.15) is 32.6 Å². The molecule has 0 saturated carbocycles. The van der Waals surface area contributed by atoms with E-state index in [2.05, 4.69) is 0 Å². The van der Waals surface area contributed by atoms with Crippen LogP contribution in [0, 0.1) is 0 Å². The Labute approximate surface area is 115 Å². The van der Waals surface area contributed by atoms with E-state index in [1.54, 1.807) is 28.3 Å². The van der Waals surface area contributed by atoms with E-state index in [9.17, 15) is 9.59 Å². The minimum absolute atomic E-state index is 0.0991. The van der Waals surface area contributed by atoms with Gasteiger partial charge in [0.2, 0.25) is 0 Å². The number of ketones is 1. The second kappa shape index (κ2) is 10.1. The number of carbonyl (C=O) groups is 2. The Bertz CT molecular complexity index is 269. The van der Waals surface area contributed by atoms with Gasteiger partial charge in [0.15, 0.2) is 0 Å². The Balaban J connectivity index is 3.85. The van der Waals surface area contributed by atoms with E-state index in [4.69, 9.17) is 18.0 Å². The van der Waals surface area contributed by atoms with Gasteiger partial charge in [-0.05, 0) is 19.8 Å². The highest BCUT2D eigenvalue weighted by Gasteiger charge is 2.36. The summed E-state index contributed by atoms with van der Waals surface area (Å²) in [5.74, 6) is -0.556. The zero-order valence-electron chi connectivity index (χ0n) is 12.2. The topological polar surface area (TPSA) is 71.1 Å². The molecule has 112 valence electrons. The Kier molecular flexibility index (Phi) is 9.67. The maximum atomic E-state index is 11.5. The highest BCUT2D eigenvalue weighted by Crippen LogP contribution is 2.17. The van der Waals surface area contributed by atoms with Crippen LogP contribution in [0.2, 0.25) is 6.04 Å². The third-order valence-electron chi connectivity index (χ3n) is 2.77. The Morgan fingerprint density at radius 3 is 2.05 bits per heavy atom. The van der Waals surface area contributed by atoms with Gasteiger partial charge in [-0.1, -0.05) is 0 Å². The van der Waals surface area contributed by atoms with Gasteiger partial charge in [-0.15, -0.1) is 0 Å². The molecule has 0 unspecified atom stereocenters. The van der Waals surface area contributed by atoms with Crippen LogP contribution >= 0.6 is 0 Å². The van der Waals surface area contributed by atoms with Gasteiger partial charge in [0, 0.05) is 33.8 Å². The maximum absolute atomic E-state index is 11.5. The molecule has 0 radical (unpaired) electrons. The standard InChI is InChI=1S/C12H24O6Si/c1-5-18-12(14)10-11(13)8-6-7-9-19(15-2,16-3)17-4/h5-10H2,1-4H3. The molecule has 0 aromatic rings. The number of hydrogen-bond donors (Lipinski definition) is 0. The van der Waals surface area contributed by atoms with E-state index in [1.807, 2.05) is 0 Å². The van der Waals surface area contributed by atoms with Crippen molar-refractivity contribution in [3.63, 3.8) is 0 Å². The first kappa shape index (κ1) is 18.2. The number of hydrogen-bond acceptors (Lipinski definition) is 6. The molecule has 7 heteroatoms. The third kappa shape index (κ3) is 7.41. The predicted molar refractivity (Wildman–Crippen MR) is 71.7 cm³/mol. The first-order valence-electron chi connectivity index (χ1n) is 6.36. The number of esters is 1. The molecule has 0 aromatic heterocycles. The second-order valence-electron chi connectivity index (χ2n) is 4.02. The molecule has 0 aliphatic carbocycles. The lowest BCUT2D eigenvalue weighted by Gasteiger charge is -2.24. The fraction of sp³-hybridized carbons (Fsp3) is 0.833. The van der Waals surface area contributed by atoms with Gasteiger partial charge in [-0.2, -0.15) is 0 Å². The monoisotopic (exact) mass is 292 g/mol. The van der Waals surface area contributed by atoms with E-state index >= 15 is 0 Å². The summed E-state index contributed by atoms with van der Waals surface area (Å²) in [7, 11) is 2.14. The summed E-state index contributed by atoms with van der Waals surface area (Å²) in [5.41, 5.74) is 0. The predicted octanol–water partition coefficient (Wildman–Crippen LogP) is 1.56. The van der Waals surface area contributed by atoms with Gasteiger partial charge in [-0.3, -0.25) is 9.59 Å². The van der Waals surface area contributed by atoms with E-state index in [0.29, 0.717) is 25.5 Å². The normalized spacial score (nSPS) is 11.4. The van der Waals surface area contributed by atoms with E-state index in [-0.39, 0.29) is 12.2 Å². The molecule has 0 bridgehead atoms. The molecule has 0 aliphatic rings. The maximum Gasteiger partial charge on any atom is 0.500 e. The molecule has 19 heavy (non-hydrogen) atoms. The SMILES string of the molecule is CCOC(=O)CC(=O)CCCC[Si](OC)(OC)OC. The van der Waals surface area contributed by atoms with E-state index in [1.165, 1.54) is 0 Å². The highest BCUT2D eigenvalue weighted by molar-refractivity contribution is 6.60. The minimum Gasteiger partial charge on any atom is -0.466 e. The van der Waals surface area contributed by atoms with Crippen LogP contribution in [0.3, 0.4) is 0 Å². The van der Waals surface area contributed by atoms with Crippen molar-refractivity contribution in [2.45, 2.75) is 38.7 Å². The molecule has 0 aromatic carbocycles. The third-order valence-corrected chi connectivity index (χ3v) is 5.60. The summed E-state index contributed by atoms with van der Waals surface area (Å²) < 4.78 is 20.5. The fourth-order valence-electron chi connectivity index (χ4n) is 1.68. The Morgan fingerprint density at radius 2 is 1.58 bits per heavy atom. The molecule has 0 atom stereocenters. The first-order valence-corrected chi connectivity index (χ1v) is 8.29. The van der Waals surface area contributed by atoms with Gasteiger partial charge < -0.3 is 18.0 Å². The lowest BCUT2D eigenvalue weighted by atomic mass is 10.1. The molecule has 0 amide bonds. The fourth-order valence-corrected chi connectivity index (χ4v) is 3.48. The van der Waals surface area contributed by atoms with Crippen LogP contribution in [0.5, 0.6) is 0 Å². The summed E-state index contributed by atoms with van der Waals surface area (Å²) in [4.78, 5) is 22.6. The van der Waals surface area contributed by atoms with Crippen LogP contribution in [0.4, 0.5) is 0 Å². The van der Waals surface area contributed by atoms with Crippen molar-refractivity contribution in [2.75, 3.05) is 27.9 Å². The van der Waals surface area contributed by atoms with Crippen molar-refractivity contribution >= 4 is 20.6 Å². The molecule has 0 N–H and O–H groups in total. The summed E-state index contributed by atoms with van der Waals surface area (Å²) in [6, 6.07) is 0.656. The number of carbonyl (C=O) groups excluding carboxylic acids is 2. The Hall–Kier alpha value is -0.763. The van der Waals surface area contributed by atoms with Gasteiger partial charge >= 0.3 is 14.8 Å². The molecular formula is C12H24O6Si. The molecule has 0 rings (SSSR count). The van der Waals surface area contributed by atoms with Crippen molar-refractivity contribution in [2.24, 2.45) is 0 Å². The van der Waals surface area contributed by atoms with Gasteiger partial charge in [0.1, 0.15) is 12.2 Å². The average Bonchev–Trinajstić information content (AvgIpc) is 2.40. The van der Waals surface area contributed by atoms with Crippen molar-refractivity contribution in [3.05, 3.63) is 0 Å². The van der Waals surface area contributed by atoms with Gasteiger partial charge in [-0.25, -0.2) is 0 Å². The quantitative estimate of drug-likeness (QED) is 0.249. The Morgan fingerprint density at radius 1 is 1.00 bits per heavy atom. The summed E-state index contributed by atoms with van der Waals surface area (Å²) in [5, 5.41) is 0. The zero-order valence-corrected chi connectivity index (χ0v) is 13.2. The van der Waals surface area contributed by atoms with Gasteiger partial charge in [0.05, 0.1) is 6.61 Å². The molecule has 0 heterocycles. The van der Waals surface area contributed by atoms with Crippen molar-refractivity contribution in [3.8, 4) is 0 Å². The number of unbranched alkanes of at least 4 members (excludes halogenated alkanes) is 1. The van der Waals surface area contributed by atoms with E-state index in [0.717, 1.165) is 6.42 Å². The molecule has 0 aliphatic heterocycles. The molecule has 6 nitrogen and oxygen atoms in total. The largest absolute Gasteiger partial charge is 0.500 e. The van der Waals surface area contributed by atoms with Gasteiger partial charge in [0.25, 0.3) is 0 Å². The van der Waals surface area contributed by atoms with Crippen LogP contribution in [0.25, 0.3) is 0 Å². The lowest BCUT2D eigenvalue weighted by molar-refractivity contribution is -0.145. The number of Topliss-reactive ketones (excluding diaryl/α,β-unsaturated/α-hetero) is 1. The minimum atomic E-state index is -2.54. The van der Waals surface area contributed by atoms with E-state index < -0.39 is 14.8 Å². The van der Waals surface area contributed by atoms with Crippen molar-refractivity contribution in [1.82, 2.24) is 0 Å². The summed E-state index contributed by atoms with van der Waals surface area (Å²) in [6.07, 6.45) is 1.66. The van der Waals surface area contributed by atoms with Crippen molar-refractivity contribution < 1.29 is 27.6 Å².